The molecule has 1 unspecified atom stereocenters. The molecule has 0 aliphatic heterocycles. The summed E-state index contributed by atoms with van der Waals surface area (Å²) in [5.41, 5.74) is 0.428. The second-order valence-corrected chi connectivity index (χ2v) is 4.11. The predicted molar refractivity (Wildman–Crippen MR) is 60.3 cm³/mol. The van der Waals surface area contributed by atoms with E-state index in [1.807, 2.05) is 0 Å². The van der Waals surface area contributed by atoms with Crippen LogP contribution in [0, 0.1) is 15.9 Å². The number of anilines is 1. The summed E-state index contributed by atoms with van der Waals surface area (Å²) in [7, 11) is 0. The van der Waals surface area contributed by atoms with Crippen molar-refractivity contribution in [2.24, 2.45) is 5.73 Å². The third kappa shape index (κ3) is 3.20. The van der Waals surface area contributed by atoms with Crippen molar-refractivity contribution < 1.29 is 27.3 Å². The summed E-state index contributed by atoms with van der Waals surface area (Å²) >= 11 is 0. The third-order valence-corrected chi connectivity index (χ3v) is 2.41. The Labute approximate surface area is 109 Å². The molecule has 0 aliphatic rings. The maximum absolute atomic E-state index is 13.1. The van der Waals surface area contributed by atoms with Gasteiger partial charge in [0, 0.05) is 6.07 Å². The van der Waals surface area contributed by atoms with E-state index in [0.717, 1.165) is 0 Å². The standard InChI is InChI=1S/C10H9F4N3O3/c1-9(15,10(12,13)14)8(18)16-6-2-5(11)3-7(4-6)17(19)20/h2-4H,15H2,1H3,(H,16,18). The highest BCUT2D eigenvalue weighted by molar-refractivity contribution is 5.98. The van der Waals surface area contributed by atoms with Crippen LogP contribution in [0.4, 0.5) is 28.9 Å². The van der Waals surface area contributed by atoms with Gasteiger partial charge in [-0.05, 0) is 13.0 Å². The van der Waals surface area contributed by atoms with Gasteiger partial charge in [0.25, 0.3) is 11.6 Å². The minimum Gasteiger partial charge on any atom is -0.324 e. The molecule has 0 radical (unpaired) electrons. The second-order valence-electron chi connectivity index (χ2n) is 4.11. The average molecular weight is 295 g/mol. The number of rotatable bonds is 3. The van der Waals surface area contributed by atoms with Crippen LogP contribution < -0.4 is 11.1 Å². The molecule has 110 valence electrons. The zero-order valence-corrected chi connectivity index (χ0v) is 9.99. The van der Waals surface area contributed by atoms with Gasteiger partial charge in [-0.2, -0.15) is 13.2 Å². The molecule has 0 saturated heterocycles. The van der Waals surface area contributed by atoms with E-state index in [4.69, 9.17) is 5.73 Å². The molecule has 0 aliphatic carbocycles. The topological polar surface area (TPSA) is 98.3 Å². The number of nitrogens with zero attached hydrogens (tertiary/aromatic N) is 1. The van der Waals surface area contributed by atoms with E-state index in [1.165, 1.54) is 0 Å². The number of halogens is 4. The summed E-state index contributed by atoms with van der Waals surface area (Å²) in [6, 6.07) is 1.91. The van der Waals surface area contributed by atoms with Crippen molar-refractivity contribution in [3.63, 3.8) is 0 Å². The van der Waals surface area contributed by atoms with Gasteiger partial charge in [-0.25, -0.2) is 4.39 Å². The number of hydrogen-bond acceptors (Lipinski definition) is 4. The maximum atomic E-state index is 13.1. The monoisotopic (exact) mass is 295 g/mol. The number of non-ortho nitro benzene ring substituents is 1. The molecule has 0 saturated carbocycles. The molecule has 1 atom stereocenters. The quantitative estimate of drug-likeness (QED) is 0.506. The van der Waals surface area contributed by atoms with Gasteiger partial charge in [0.2, 0.25) is 0 Å². The fraction of sp³-hybridized carbons (Fsp3) is 0.300. The molecule has 20 heavy (non-hydrogen) atoms. The van der Waals surface area contributed by atoms with E-state index in [2.05, 4.69) is 0 Å². The molecule has 0 heterocycles. The lowest BCUT2D eigenvalue weighted by Crippen LogP contribution is -2.59. The average Bonchev–Trinajstić information content (AvgIpc) is 2.26. The van der Waals surface area contributed by atoms with E-state index >= 15 is 0 Å². The van der Waals surface area contributed by atoms with E-state index in [-0.39, 0.29) is 0 Å². The van der Waals surface area contributed by atoms with Gasteiger partial charge in [-0.3, -0.25) is 14.9 Å². The van der Waals surface area contributed by atoms with Crippen molar-refractivity contribution >= 4 is 17.3 Å². The largest absolute Gasteiger partial charge is 0.415 e. The van der Waals surface area contributed by atoms with Crippen LogP contribution in [0.25, 0.3) is 0 Å². The molecule has 1 rings (SSSR count). The summed E-state index contributed by atoms with van der Waals surface area (Å²) in [6.45, 7) is 0.427. The van der Waals surface area contributed by atoms with Crippen LogP contribution in [0.3, 0.4) is 0 Å². The van der Waals surface area contributed by atoms with Crippen molar-refractivity contribution in [3.8, 4) is 0 Å². The van der Waals surface area contributed by atoms with Crippen molar-refractivity contribution in [1.29, 1.82) is 0 Å². The van der Waals surface area contributed by atoms with Gasteiger partial charge < -0.3 is 11.1 Å². The Hall–Kier alpha value is -2.23. The summed E-state index contributed by atoms with van der Waals surface area (Å²) < 4.78 is 50.6. The van der Waals surface area contributed by atoms with E-state index in [9.17, 15) is 32.5 Å². The molecule has 0 fully saturated rings. The van der Waals surface area contributed by atoms with Crippen molar-refractivity contribution in [1.82, 2.24) is 0 Å². The van der Waals surface area contributed by atoms with Crippen LogP contribution in [-0.2, 0) is 4.79 Å². The molecule has 0 bridgehead atoms. The number of nitrogens with two attached hydrogens (primary N) is 1. The molecular weight excluding hydrogens is 286 g/mol. The Morgan fingerprint density at radius 3 is 2.35 bits per heavy atom. The maximum Gasteiger partial charge on any atom is 0.415 e. The molecule has 10 heteroatoms. The first kappa shape index (κ1) is 15.8. The summed E-state index contributed by atoms with van der Waals surface area (Å²) in [5.74, 6) is -2.75. The van der Waals surface area contributed by atoms with Crippen LogP contribution in [0.15, 0.2) is 18.2 Å². The first-order valence-electron chi connectivity index (χ1n) is 5.07. The number of carbonyl (C=O) groups is 1. The Bertz CT molecular complexity index is 557. The van der Waals surface area contributed by atoms with Crippen LogP contribution in [0.1, 0.15) is 6.92 Å². The van der Waals surface area contributed by atoms with Gasteiger partial charge in [-0.1, -0.05) is 0 Å². The number of hydrogen-bond donors (Lipinski definition) is 2. The number of benzene rings is 1. The lowest BCUT2D eigenvalue weighted by molar-refractivity contribution is -0.385. The fourth-order valence-electron chi connectivity index (χ4n) is 1.14. The summed E-state index contributed by atoms with van der Waals surface area (Å²) in [4.78, 5) is 20.9. The minimum absolute atomic E-state index is 0.427. The normalized spacial score (nSPS) is 14.5. The Kier molecular flexibility index (Phi) is 3.99. The lowest BCUT2D eigenvalue weighted by Gasteiger charge is -2.26. The summed E-state index contributed by atoms with van der Waals surface area (Å²) in [6.07, 6.45) is -5.03. The molecule has 1 amide bonds. The zero-order chi connectivity index (χ0) is 15.7. The van der Waals surface area contributed by atoms with Crippen LogP contribution in [0.2, 0.25) is 0 Å². The van der Waals surface area contributed by atoms with Gasteiger partial charge in [0.05, 0.1) is 16.7 Å². The first-order valence-corrected chi connectivity index (χ1v) is 5.07. The van der Waals surface area contributed by atoms with Crippen LogP contribution >= 0.6 is 0 Å². The number of nitrogens with one attached hydrogen (secondary N) is 1. The molecule has 1 aromatic carbocycles. The van der Waals surface area contributed by atoms with Crippen LogP contribution in [0.5, 0.6) is 0 Å². The highest BCUT2D eigenvalue weighted by atomic mass is 19.4. The first-order chi connectivity index (χ1) is 8.95. The highest BCUT2D eigenvalue weighted by Gasteiger charge is 2.54. The third-order valence-electron chi connectivity index (χ3n) is 2.41. The van der Waals surface area contributed by atoms with E-state index in [1.54, 1.807) is 5.32 Å². The number of alkyl halides is 3. The lowest BCUT2D eigenvalue weighted by atomic mass is 10.0. The molecule has 0 aromatic heterocycles. The van der Waals surface area contributed by atoms with E-state index in [0.29, 0.717) is 25.1 Å². The fourth-order valence-corrected chi connectivity index (χ4v) is 1.14. The van der Waals surface area contributed by atoms with Gasteiger partial charge >= 0.3 is 6.18 Å². The van der Waals surface area contributed by atoms with Gasteiger partial charge in [0.15, 0.2) is 5.54 Å². The molecule has 6 nitrogen and oxygen atoms in total. The smallest absolute Gasteiger partial charge is 0.324 e. The Balaban J connectivity index is 3.05. The van der Waals surface area contributed by atoms with Crippen LogP contribution in [-0.4, -0.2) is 22.5 Å². The van der Waals surface area contributed by atoms with E-state index < -0.39 is 39.7 Å². The molecule has 0 spiro atoms. The summed E-state index contributed by atoms with van der Waals surface area (Å²) in [5, 5.41) is 12.2. The zero-order valence-electron chi connectivity index (χ0n) is 9.99. The number of nitro groups is 1. The van der Waals surface area contributed by atoms with Crippen molar-refractivity contribution in [3.05, 3.63) is 34.1 Å². The number of amides is 1. The molecule has 3 N–H and O–H groups in total. The minimum atomic E-state index is -5.03. The van der Waals surface area contributed by atoms with Crippen molar-refractivity contribution in [2.75, 3.05) is 5.32 Å². The highest BCUT2D eigenvalue weighted by Crippen LogP contribution is 2.29. The van der Waals surface area contributed by atoms with Gasteiger partial charge in [-0.15, -0.1) is 0 Å². The predicted octanol–water partition coefficient (Wildman–Crippen LogP) is 1.95. The van der Waals surface area contributed by atoms with Gasteiger partial charge in [0.1, 0.15) is 5.82 Å². The SMILES string of the molecule is CC(N)(C(=O)Nc1cc(F)cc([N+](=O)[O-])c1)C(F)(F)F. The number of nitro benzene ring substituents is 1. The Morgan fingerprint density at radius 1 is 1.35 bits per heavy atom. The molecular formula is C10H9F4N3O3. The van der Waals surface area contributed by atoms with Crippen molar-refractivity contribution in [2.45, 2.75) is 18.6 Å². The number of carbonyl (C=O) groups excluding carboxylic acids is 1. The second kappa shape index (κ2) is 5.04. The molecule has 1 aromatic rings. The Morgan fingerprint density at radius 2 is 1.90 bits per heavy atom.